The van der Waals surface area contributed by atoms with Gasteiger partial charge in [0.05, 0.1) is 19.2 Å². The number of carbonyl (C=O) groups excluding carboxylic acids is 1. The Bertz CT molecular complexity index is 965. The van der Waals surface area contributed by atoms with Crippen molar-refractivity contribution < 1.29 is 14.3 Å². The van der Waals surface area contributed by atoms with Crippen molar-refractivity contribution in [2.24, 2.45) is 0 Å². The van der Waals surface area contributed by atoms with Gasteiger partial charge in [-0.1, -0.05) is 18.7 Å². The van der Waals surface area contributed by atoms with Gasteiger partial charge < -0.3 is 25.0 Å². The lowest BCUT2D eigenvalue weighted by atomic mass is 10.2. The molecule has 0 aliphatic carbocycles. The summed E-state index contributed by atoms with van der Waals surface area (Å²) in [5.41, 5.74) is 2.10. The van der Waals surface area contributed by atoms with Crippen molar-refractivity contribution in [2.45, 2.75) is 0 Å². The summed E-state index contributed by atoms with van der Waals surface area (Å²) in [4.78, 5) is 17.1. The van der Waals surface area contributed by atoms with Crippen molar-refractivity contribution >= 4 is 11.7 Å². The van der Waals surface area contributed by atoms with Crippen LogP contribution in [0.3, 0.4) is 0 Å². The molecule has 2 N–H and O–H groups in total. The zero-order chi connectivity index (χ0) is 23.5. The van der Waals surface area contributed by atoms with E-state index in [9.17, 15) is 10.1 Å². The van der Waals surface area contributed by atoms with Gasteiger partial charge in [-0.25, -0.2) is 4.79 Å². The molecule has 2 aromatic carbocycles. The fraction of sp³-hybridized carbons (Fsp3) is 0.360. The first-order chi connectivity index (χ1) is 16.1. The minimum Gasteiger partial charge on any atom is -0.497 e. The maximum Gasteiger partial charge on any atom is 0.322 e. The molecule has 0 spiro atoms. The largest absolute Gasteiger partial charge is 0.497 e. The average Bonchev–Trinajstić information content (AvgIpc) is 2.84. The molecule has 0 aromatic heterocycles. The molecule has 8 nitrogen and oxygen atoms in total. The van der Waals surface area contributed by atoms with Gasteiger partial charge in [0.15, 0.2) is 0 Å². The Morgan fingerprint density at radius 2 is 1.94 bits per heavy atom. The highest BCUT2D eigenvalue weighted by atomic mass is 16.5. The van der Waals surface area contributed by atoms with E-state index in [1.165, 1.54) is 0 Å². The summed E-state index contributed by atoms with van der Waals surface area (Å²) in [7, 11) is 1.60. The first kappa shape index (κ1) is 24.1. The standard InChI is InChI=1S/C25H31N5O3/c1-20(18-29-13-11-27-12-14-29)19-30(15-16-33-24-6-4-3-5-21(24)17-26)25(31)28-22-7-9-23(32-2)10-8-22/h3-10,27H,1,11-16,18-19H2,2H3,(H,28,31). The number of para-hydroxylation sites is 1. The molecular weight excluding hydrogens is 418 g/mol. The number of anilines is 1. The van der Waals surface area contributed by atoms with Crippen LogP contribution in [-0.2, 0) is 0 Å². The van der Waals surface area contributed by atoms with E-state index in [4.69, 9.17) is 9.47 Å². The van der Waals surface area contributed by atoms with Crippen molar-refractivity contribution in [1.29, 1.82) is 5.26 Å². The zero-order valence-corrected chi connectivity index (χ0v) is 19.0. The predicted octanol–water partition coefficient (Wildman–Crippen LogP) is 2.94. The first-order valence-corrected chi connectivity index (χ1v) is 11.0. The van der Waals surface area contributed by atoms with Crippen LogP contribution in [0.4, 0.5) is 10.5 Å². The number of rotatable bonds is 10. The van der Waals surface area contributed by atoms with Crippen LogP contribution in [0.2, 0.25) is 0 Å². The molecule has 8 heteroatoms. The van der Waals surface area contributed by atoms with Crippen molar-refractivity contribution in [1.82, 2.24) is 15.1 Å². The molecule has 1 fully saturated rings. The van der Waals surface area contributed by atoms with Crippen LogP contribution in [0, 0.1) is 11.3 Å². The van der Waals surface area contributed by atoms with Gasteiger partial charge >= 0.3 is 6.03 Å². The average molecular weight is 450 g/mol. The Labute approximate surface area is 195 Å². The third kappa shape index (κ3) is 7.52. The molecule has 2 amide bonds. The molecule has 3 rings (SSSR count). The van der Waals surface area contributed by atoms with Gasteiger partial charge in [-0.05, 0) is 42.0 Å². The molecule has 1 aliphatic heterocycles. The van der Waals surface area contributed by atoms with Crippen LogP contribution in [0.15, 0.2) is 60.7 Å². The van der Waals surface area contributed by atoms with E-state index in [0.29, 0.717) is 30.1 Å². The lowest BCUT2D eigenvalue weighted by molar-refractivity contribution is 0.196. The van der Waals surface area contributed by atoms with Crippen LogP contribution in [-0.4, -0.2) is 75.4 Å². The highest BCUT2D eigenvalue weighted by Gasteiger charge is 2.18. The molecule has 0 radical (unpaired) electrons. The summed E-state index contributed by atoms with van der Waals surface area (Å²) in [6.45, 7) is 9.82. The fourth-order valence-corrected chi connectivity index (χ4v) is 3.59. The highest BCUT2D eigenvalue weighted by molar-refractivity contribution is 5.89. The third-order valence-corrected chi connectivity index (χ3v) is 5.33. The summed E-state index contributed by atoms with van der Waals surface area (Å²) >= 11 is 0. The first-order valence-electron chi connectivity index (χ1n) is 11.0. The number of benzene rings is 2. The van der Waals surface area contributed by atoms with E-state index in [1.807, 2.05) is 6.07 Å². The Morgan fingerprint density at radius 3 is 2.64 bits per heavy atom. The van der Waals surface area contributed by atoms with Crippen molar-refractivity contribution in [2.75, 3.05) is 64.8 Å². The van der Waals surface area contributed by atoms with E-state index in [-0.39, 0.29) is 12.6 Å². The van der Waals surface area contributed by atoms with Crippen LogP contribution in [0.1, 0.15) is 5.56 Å². The number of hydrogen-bond donors (Lipinski definition) is 2. The fourth-order valence-electron chi connectivity index (χ4n) is 3.59. The lowest BCUT2D eigenvalue weighted by Gasteiger charge is -2.30. The number of nitrogens with one attached hydrogen (secondary N) is 2. The SMILES string of the molecule is C=C(CN1CCNCC1)CN(CCOc1ccccc1C#N)C(=O)Nc1ccc(OC)cc1. The van der Waals surface area contributed by atoms with Crippen molar-refractivity contribution in [3.05, 3.63) is 66.2 Å². The Morgan fingerprint density at radius 1 is 1.21 bits per heavy atom. The second-order valence-electron chi connectivity index (χ2n) is 7.81. The van der Waals surface area contributed by atoms with E-state index in [0.717, 1.165) is 44.0 Å². The number of piperazine rings is 1. The molecular formula is C25H31N5O3. The number of carbonyl (C=O) groups is 1. The minimum absolute atomic E-state index is 0.237. The highest BCUT2D eigenvalue weighted by Crippen LogP contribution is 2.18. The topological polar surface area (TPSA) is 89.9 Å². The number of nitriles is 1. The van der Waals surface area contributed by atoms with Crippen LogP contribution in [0.5, 0.6) is 11.5 Å². The van der Waals surface area contributed by atoms with E-state index >= 15 is 0 Å². The predicted molar refractivity (Wildman–Crippen MR) is 129 cm³/mol. The van der Waals surface area contributed by atoms with Gasteiger partial charge in [0.1, 0.15) is 24.2 Å². The molecule has 2 aromatic rings. The molecule has 1 saturated heterocycles. The minimum atomic E-state index is -0.237. The maximum absolute atomic E-state index is 13.1. The number of urea groups is 1. The summed E-state index contributed by atoms with van der Waals surface area (Å²) in [5, 5.41) is 15.5. The summed E-state index contributed by atoms with van der Waals surface area (Å²) < 4.78 is 11.0. The molecule has 1 aliphatic rings. The van der Waals surface area contributed by atoms with Crippen molar-refractivity contribution in [3.8, 4) is 17.6 Å². The zero-order valence-electron chi connectivity index (χ0n) is 19.0. The quantitative estimate of drug-likeness (QED) is 0.542. The van der Waals surface area contributed by atoms with Crippen LogP contribution < -0.4 is 20.1 Å². The Kier molecular flexibility index (Phi) is 9.12. The van der Waals surface area contributed by atoms with Gasteiger partial charge in [0.25, 0.3) is 0 Å². The lowest BCUT2D eigenvalue weighted by Crippen LogP contribution is -2.45. The Balaban J connectivity index is 1.62. The van der Waals surface area contributed by atoms with E-state index in [1.54, 1.807) is 54.5 Å². The number of methoxy groups -OCH3 is 1. The summed E-state index contributed by atoms with van der Waals surface area (Å²) in [5.74, 6) is 1.23. The number of amides is 2. The number of nitrogens with zero attached hydrogens (tertiary/aromatic N) is 3. The third-order valence-electron chi connectivity index (χ3n) is 5.33. The van der Waals surface area contributed by atoms with Crippen LogP contribution in [0.25, 0.3) is 0 Å². The molecule has 0 atom stereocenters. The summed E-state index contributed by atoms with van der Waals surface area (Å²) in [6.07, 6.45) is 0. The van der Waals surface area contributed by atoms with Gasteiger partial charge in [-0.3, -0.25) is 4.90 Å². The van der Waals surface area contributed by atoms with E-state index in [2.05, 4.69) is 28.2 Å². The maximum atomic E-state index is 13.1. The van der Waals surface area contributed by atoms with Crippen molar-refractivity contribution in [3.63, 3.8) is 0 Å². The second kappa shape index (κ2) is 12.5. The normalized spacial score (nSPS) is 13.6. The smallest absolute Gasteiger partial charge is 0.322 e. The van der Waals surface area contributed by atoms with Gasteiger partial charge in [0.2, 0.25) is 0 Å². The molecule has 33 heavy (non-hydrogen) atoms. The van der Waals surface area contributed by atoms with Crippen LogP contribution >= 0.6 is 0 Å². The van der Waals surface area contributed by atoms with Gasteiger partial charge in [-0.15, -0.1) is 0 Å². The second-order valence-corrected chi connectivity index (χ2v) is 7.81. The van der Waals surface area contributed by atoms with Gasteiger partial charge in [-0.2, -0.15) is 5.26 Å². The molecule has 0 saturated carbocycles. The summed E-state index contributed by atoms with van der Waals surface area (Å²) in [6, 6.07) is 16.1. The molecule has 0 bridgehead atoms. The monoisotopic (exact) mass is 449 g/mol. The Hall–Kier alpha value is -3.54. The van der Waals surface area contributed by atoms with Gasteiger partial charge in [0, 0.05) is 45.0 Å². The number of ether oxygens (including phenoxy) is 2. The van der Waals surface area contributed by atoms with E-state index < -0.39 is 0 Å². The molecule has 1 heterocycles. The molecule has 0 unspecified atom stereocenters. The number of hydrogen-bond acceptors (Lipinski definition) is 6. The molecule has 174 valence electrons.